The second kappa shape index (κ2) is 13.1. The van der Waals surface area contributed by atoms with Crippen molar-refractivity contribution in [1.82, 2.24) is 19.5 Å². The Labute approximate surface area is 346 Å². The maximum absolute atomic E-state index is 7.17. The van der Waals surface area contributed by atoms with Crippen molar-refractivity contribution in [2.45, 2.75) is 19.3 Å². The smallest absolute Gasteiger partial charge is 0.167 e. The topological polar surface area (TPSA) is 60.0 Å². The summed E-state index contributed by atoms with van der Waals surface area (Å²) in [5.41, 5.74) is 13.1. The number of rotatable bonds is 5. The van der Waals surface area contributed by atoms with E-state index in [9.17, 15) is 0 Å². The third kappa shape index (κ3) is 5.10. The van der Waals surface area contributed by atoms with Crippen LogP contribution in [0.1, 0.15) is 25.0 Å². The molecule has 0 N–H and O–H groups in total. The van der Waals surface area contributed by atoms with E-state index in [4.69, 9.17) is 19.4 Å². The fourth-order valence-corrected chi connectivity index (χ4v) is 9.36. The molecule has 1 aliphatic rings. The monoisotopic (exact) mass is 771 g/mol. The summed E-state index contributed by atoms with van der Waals surface area (Å²) >= 11 is 0. The fraction of sp³-hybridized carbons (Fsp3) is 0.0556. The molecule has 284 valence electrons. The predicted molar refractivity (Wildman–Crippen MR) is 245 cm³/mol. The zero-order valence-electron chi connectivity index (χ0n) is 33.0. The summed E-state index contributed by atoms with van der Waals surface area (Å²) in [6.45, 7) is 4.69. The molecule has 0 radical (unpaired) electrons. The van der Waals surface area contributed by atoms with Crippen molar-refractivity contribution in [1.29, 1.82) is 0 Å². The fourth-order valence-electron chi connectivity index (χ4n) is 9.36. The van der Waals surface area contributed by atoms with Gasteiger partial charge in [-0.3, -0.25) is 0 Å². The molecule has 0 unspecified atom stereocenters. The average molecular weight is 772 g/mol. The Bertz CT molecular complexity index is 3400. The number of aromatic nitrogens is 4. The maximum Gasteiger partial charge on any atom is 0.167 e. The van der Waals surface area contributed by atoms with Crippen molar-refractivity contribution in [2.24, 2.45) is 0 Å². The Morgan fingerprint density at radius 1 is 0.417 bits per heavy atom. The van der Waals surface area contributed by atoms with Gasteiger partial charge in [0.15, 0.2) is 23.1 Å². The summed E-state index contributed by atoms with van der Waals surface area (Å²) < 4.78 is 9.57. The molecule has 3 aromatic heterocycles. The van der Waals surface area contributed by atoms with E-state index < -0.39 is 0 Å². The van der Waals surface area contributed by atoms with Gasteiger partial charge in [0.1, 0.15) is 5.58 Å². The first kappa shape index (κ1) is 34.2. The first-order chi connectivity index (χ1) is 29.5. The number of para-hydroxylation sites is 5. The number of anilines is 3. The Balaban J connectivity index is 1.11. The highest BCUT2D eigenvalue weighted by molar-refractivity contribution is 6.15. The zero-order chi connectivity index (χ0) is 40.0. The molecule has 0 saturated carbocycles. The van der Waals surface area contributed by atoms with Crippen LogP contribution in [-0.2, 0) is 5.41 Å². The van der Waals surface area contributed by atoms with Crippen LogP contribution in [0.5, 0.6) is 0 Å². The van der Waals surface area contributed by atoms with Gasteiger partial charge in [0.2, 0.25) is 0 Å². The van der Waals surface area contributed by atoms with Crippen LogP contribution in [0, 0.1) is 0 Å². The van der Waals surface area contributed by atoms with E-state index >= 15 is 0 Å². The molecule has 0 spiro atoms. The molecule has 0 bridgehead atoms. The van der Waals surface area contributed by atoms with Crippen molar-refractivity contribution in [3.63, 3.8) is 0 Å². The van der Waals surface area contributed by atoms with Gasteiger partial charge in [-0.1, -0.05) is 153 Å². The van der Waals surface area contributed by atoms with E-state index in [1.807, 2.05) is 60.7 Å². The predicted octanol–water partition coefficient (Wildman–Crippen LogP) is 14.0. The van der Waals surface area contributed by atoms with Crippen molar-refractivity contribution in [3.05, 3.63) is 199 Å². The number of benzene rings is 8. The van der Waals surface area contributed by atoms with Crippen LogP contribution < -0.4 is 4.90 Å². The quantitative estimate of drug-likeness (QED) is 0.174. The van der Waals surface area contributed by atoms with Gasteiger partial charge in [-0.15, -0.1) is 0 Å². The minimum Gasteiger partial charge on any atom is -0.453 e. The van der Waals surface area contributed by atoms with Crippen LogP contribution >= 0.6 is 0 Å². The summed E-state index contributed by atoms with van der Waals surface area (Å²) in [6, 6.07) is 65.9. The Morgan fingerprint density at radius 3 is 1.72 bits per heavy atom. The van der Waals surface area contributed by atoms with Crippen molar-refractivity contribution in [3.8, 4) is 39.9 Å². The second-order valence-corrected chi connectivity index (χ2v) is 16.0. The second-order valence-electron chi connectivity index (χ2n) is 16.0. The van der Waals surface area contributed by atoms with E-state index in [1.54, 1.807) is 0 Å². The SMILES string of the molecule is CC1(C)c2ccccc2N(c2cccc3c2oc2c(-c4nc(-c5ccccc5)nc(-c5ccccc5)n4)cccc23)c2cc3c4ccccc4n(-c4ccccc4)c3cc21. The van der Waals surface area contributed by atoms with Crippen LogP contribution in [0.15, 0.2) is 192 Å². The third-order valence-electron chi connectivity index (χ3n) is 12.2. The van der Waals surface area contributed by atoms with E-state index in [-0.39, 0.29) is 5.41 Å². The lowest BCUT2D eigenvalue weighted by Gasteiger charge is -2.42. The minimum absolute atomic E-state index is 0.296. The van der Waals surface area contributed by atoms with Gasteiger partial charge in [0, 0.05) is 43.8 Å². The third-order valence-corrected chi connectivity index (χ3v) is 12.2. The number of fused-ring (bicyclic) bond motifs is 8. The molecule has 0 atom stereocenters. The van der Waals surface area contributed by atoms with Gasteiger partial charge in [-0.2, -0.15) is 0 Å². The van der Waals surface area contributed by atoms with Crippen LogP contribution in [0.3, 0.4) is 0 Å². The zero-order valence-corrected chi connectivity index (χ0v) is 33.0. The Morgan fingerprint density at radius 2 is 0.983 bits per heavy atom. The summed E-state index contributed by atoms with van der Waals surface area (Å²) in [4.78, 5) is 17.5. The molecule has 0 fully saturated rings. The number of hydrogen-bond acceptors (Lipinski definition) is 5. The van der Waals surface area contributed by atoms with E-state index in [1.165, 1.54) is 32.9 Å². The first-order valence-corrected chi connectivity index (χ1v) is 20.4. The lowest BCUT2D eigenvalue weighted by atomic mass is 9.73. The maximum atomic E-state index is 7.17. The molecular formula is C54H37N5O. The average Bonchev–Trinajstić information content (AvgIpc) is 3.85. The van der Waals surface area contributed by atoms with Gasteiger partial charge in [-0.05, 0) is 59.7 Å². The molecule has 6 nitrogen and oxygen atoms in total. The van der Waals surface area contributed by atoms with Gasteiger partial charge in [0.05, 0.1) is 33.7 Å². The molecule has 0 saturated heterocycles. The lowest BCUT2D eigenvalue weighted by molar-refractivity contribution is 0.631. The molecular weight excluding hydrogens is 735 g/mol. The molecule has 0 amide bonds. The van der Waals surface area contributed by atoms with E-state index in [0.29, 0.717) is 17.5 Å². The number of hydrogen-bond donors (Lipinski definition) is 0. The highest BCUT2D eigenvalue weighted by Gasteiger charge is 2.38. The number of furan rings is 1. The summed E-state index contributed by atoms with van der Waals surface area (Å²) in [7, 11) is 0. The van der Waals surface area contributed by atoms with Crippen LogP contribution in [0.2, 0.25) is 0 Å². The highest BCUT2D eigenvalue weighted by atomic mass is 16.3. The van der Waals surface area contributed by atoms with Gasteiger partial charge in [0.25, 0.3) is 0 Å². The molecule has 60 heavy (non-hydrogen) atoms. The van der Waals surface area contributed by atoms with Gasteiger partial charge < -0.3 is 13.9 Å². The first-order valence-electron chi connectivity index (χ1n) is 20.4. The van der Waals surface area contributed by atoms with Gasteiger partial charge >= 0.3 is 0 Å². The van der Waals surface area contributed by atoms with Crippen LogP contribution in [0.25, 0.3) is 83.6 Å². The molecule has 6 heteroatoms. The molecule has 4 heterocycles. The van der Waals surface area contributed by atoms with Crippen LogP contribution in [-0.4, -0.2) is 19.5 Å². The largest absolute Gasteiger partial charge is 0.453 e. The van der Waals surface area contributed by atoms with Crippen molar-refractivity contribution in [2.75, 3.05) is 4.90 Å². The number of nitrogens with zero attached hydrogens (tertiary/aromatic N) is 5. The molecule has 0 aliphatic carbocycles. The molecule has 1 aliphatic heterocycles. The van der Waals surface area contributed by atoms with Gasteiger partial charge in [-0.25, -0.2) is 15.0 Å². The van der Waals surface area contributed by atoms with Crippen molar-refractivity contribution >= 4 is 60.8 Å². The minimum atomic E-state index is -0.296. The molecule has 12 rings (SSSR count). The Kier molecular flexibility index (Phi) is 7.47. The highest BCUT2D eigenvalue weighted by Crippen LogP contribution is 2.55. The van der Waals surface area contributed by atoms with E-state index in [2.05, 4.69) is 151 Å². The summed E-state index contributed by atoms with van der Waals surface area (Å²) in [6.07, 6.45) is 0. The molecule has 8 aromatic carbocycles. The van der Waals surface area contributed by atoms with Crippen LogP contribution in [0.4, 0.5) is 17.1 Å². The normalized spacial score (nSPS) is 13.3. The standard InChI is InChI=1S/C54H37N5O/c1-54(2)42-28-13-15-30-45(42)59(48-32-41-37-24-12-14-29-44(37)58(47(41)33-43(48)54)36-22-10-5-11-23-36)46-31-17-26-39-38-25-16-27-40(49(38)60-50(39)46)53-56-51(34-18-6-3-7-19-34)55-52(57-53)35-20-8-4-9-21-35/h3-33H,1-2H3. The lowest BCUT2D eigenvalue weighted by Crippen LogP contribution is -2.30. The van der Waals surface area contributed by atoms with E-state index in [0.717, 1.165) is 61.4 Å². The Hall–Kier alpha value is -7.83. The summed E-state index contributed by atoms with van der Waals surface area (Å²) in [5.74, 6) is 1.77. The summed E-state index contributed by atoms with van der Waals surface area (Å²) in [5, 5.41) is 4.44. The van der Waals surface area contributed by atoms with Crippen molar-refractivity contribution < 1.29 is 4.42 Å². The molecule has 11 aromatic rings.